The molecule has 35 heavy (non-hydrogen) atoms. The van der Waals surface area contributed by atoms with Crippen molar-refractivity contribution in [2.24, 2.45) is 0 Å². The summed E-state index contributed by atoms with van der Waals surface area (Å²) in [6, 6.07) is 0. The van der Waals surface area contributed by atoms with Gasteiger partial charge < -0.3 is 0 Å². The van der Waals surface area contributed by atoms with Crippen molar-refractivity contribution in [3.05, 3.63) is 0 Å². The molecular weight excluding hydrogens is 439 g/mol. The van der Waals surface area contributed by atoms with Gasteiger partial charge in [0, 0.05) is 0 Å². The van der Waals surface area contributed by atoms with Crippen LogP contribution in [0.3, 0.4) is 0 Å². The van der Waals surface area contributed by atoms with Crippen LogP contribution >= 0.6 is 7.26 Å². The van der Waals surface area contributed by atoms with E-state index in [1.807, 2.05) is 0 Å². The van der Waals surface area contributed by atoms with Gasteiger partial charge in [0.25, 0.3) is 0 Å². The minimum absolute atomic E-state index is 0.909. The third kappa shape index (κ3) is 30.5. The Kier molecular flexibility index (Phi) is 29.3. The smallest absolute Gasteiger partial charge is 0.0654 e. The van der Waals surface area contributed by atoms with Crippen molar-refractivity contribution in [1.82, 2.24) is 0 Å². The van der Waals surface area contributed by atoms with Crippen LogP contribution in [-0.2, 0) is 0 Å². The Labute approximate surface area is 226 Å². The molecule has 0 fully saturated rings. The Hall–Kier alpha value is 0.430. The quantitative estimate of drug-likeness (QED) is 0.0663. The Morgan fingerprint density at radius 1 is 0.257 bits per heavy atom. The van der Waals surface area contributed by atoms with Crippen LogP contribution < -0.4 is 0 Å². The van der Waals surface area contributed by atoms with Gasteiger partial charge in [-0.05, 0) is 0 Å². The fourth-order valence-electron chi connectivity index (χ4n) is 5.72. The van der Waals surface area contributed by atoms with Crippen LogP contribution in [0.5, 0.6) is 0 Å². The monoisotopic (exact) mass is 513 g/mol. The number of rotatable bonds is 30. The summed E-state index contributed by atoms with van der Waals surface area (Å²) in [6.07, 6.45) is 44.7. The number of unbranched alkanes of at least 4 members (excludes halogenated alkanes) is 26. The topological polar surface area (TPSA) is 0 Å². The Morgan fingerprint density at radius 3 is 0.629 bits per heavy atom. The third-order valence-electron chi connectivity index (χ3n) is 8.41. The molecule has 0 saturated heterocycles. The molecule has 0 atom stereocenters. The summed E-state index contributed by atoms with van der Waals surface area (Å²) < 4.78 is 0. The van der Waals surface area contributed by atoms with Gasteiger partial charge in [0.05, 0.1) is 0 Å². The molecule has 0 amide bonds. The van der Waals surface area contributed by atoms with Gasteiger partial charge in [0.1, 0.15) is 0 Å². The minimum Gasteiger partial charge on any atom is -0.0654 e. The summed E-state index contributed by atoms with van der Waals surface area (Å²) in [6.45, 7) is 9.95. The van der Waals surface area contributed by atoms with Crippen LogP contribution in [0.4, 0.5) is 0 Å². The second-order valence-electron chi connectivity index (χ2n) is 12.9. The Balaban J connectivity index is 3.28. The van der Waals surface area contributed by atoms with Gasteiger partial charge >= 0.3 is 174 Å². The van der Waals surface area contributed by atoms with Crippen molar-refractivity contribution < 1.29 is 0 Å². The van der Waals surface area contributed by atoms with Gasteiger partial charge in [-0.25, -0.2) is 0 Å². The maximum atomic E-state index is 2.66. The van der Waals surface area contributed by atoms with Crippen molar-refractivity contribution in [3.63, 3.8) is 0 Å². The molecule has 0 spiro atoms. The molecule has 0 rings (SSSR count). The van der Waals surface area contributed by atoms with E-state index in [-0.39, 0.29) is 0 Å². The van der Waals surface area contributed by atoms with Gasteiger partial charge in [-0.2, -0.15) is 0 Å². The summed E-state index contributed by atoms with van der Waals surface area (Å²) in [5.74, 6) is 0. The molecule has 0 radical (unpaired) electrons. The van der Waals surface area contributed by atoms with E-state index < -0.39 is 7.26 Å². The van der Waals surface area contributed by atoms with Gasteiger partial charge in [0.2, 0.25) is 0 Å². The van der Waals surface area contributed by atoms with Crippen LogP contribution in [-0.4, -0.2) is 25.7 Å². The Bertz CT molecular complexity index is 341. The second kappa shape index (κ2) is 29.0. The molecule has 214 valence electrons. The van der Waals surface area contributed by atoms with Gasteiger partial charge in [0.15, 0.2) is 0 Å². The number of hydrogen-bond acceptors (Lipinski definition) is 0. The van der Waals surface area contributed by atoms with E-state index in [1.165, 1.54) is 180 Å². The molecule has 0 aromatic heterocycles. The fraction of sp³-hybridized carbons (Fsp3) is 1.00. The first-order valence-corrected chi connectivity index (χ1v) is 20.5. The third-order valence-corrected chi connectivity index (χ3v) is 11.8. The SMILES string of the molecule is CCCCCCCCCCCCCCCC[PH](C)(C)CCCCCCCCCCCCCCCC. The molecule has 0 aliphatic carbocycles. The van der Waals surface area contributed by atoms with Crippen LogP contribution in [0, 0.1) is 0 Å². The summed E-state index contributed by atoms with van der Waals surface area (Å²) >= 11 is 0. The average molecular weight is 513 g/mol. The van der Waals surface area contributed by atoms with E-state index in [1.54, 1.807) is 12.3 Å². The molecule has 0 aliphatic rings. The molecule has 0 aromatic rings. The van der Waals surface area contributed by atoms with Crippen molar-refractivity contribution in [3.8, 4) is 0 Å². The zero-order chi connectivity index (χ0) is 25.7. The first-order chi connectivity index (χ1) is 17.1. The average Bonchev–Trinajstić information content (AvgIpc) is 2.84. The Morgan fingerprint density at radius 2 is 0.429 bits per heavy atom. The standard InChI is InChI=1S/C34H73P/c1-5-7-9-11-13-15-17-19-21-23-25-27-29-31-33-35(3,4)34-32-30-28-26-24-22-20-18-16-14-12-10-8-6-2/h35H,5-34H2,1-4H3. The van der Waals surface area contributed by atoms with E-state index in [4.69, 9.17) is 0 Å². The molecule has 1 heteroatoms. The van der Waals surface area contributed by atoms with E-state index in [2.05, 4.69) is 27.2 Å². The predicted molar refractivity (Wildman–Crippen MR) is 171 cm³/mol. The van der Waals surface area contributed by atoms with Crippen LogP contribution in [0.2, 0.25) is 0 Å². The normalized spacial score (nSPS) is 12.5. The summed E-state index contributed by atoms with van der Waals surface area (Å²) in [7, 11) is -0.909. The van der Waals surface area contributed by atoms with E-state index in [0.717, 1.165) is 0 Å². The van der Waals surface area contributed by atoms with Crippen LogP contribution in [0.1, 0.15) is 194 Å². The molecule has 0 aliphatic heterocycles. The van der Waals surface area contributed by atoms with Crippen LogP contribution in [0.25, 0.3) is 0 Å². The van der Waals surface area contributed by atoms with E-state index >= 15 is 0 Å². The van der Waals surface area contributed by atoms with E-state index in [0.29, 0.717) is 0 Å². The second-order valence-corrected chi connectivity index (χ2v) is 18.2. The number of hydrogen-bond donors (Lipinski definition) is 0. The summed E-state index contributed by atoms with van der Waals surface area (Å²) in [5.41, 5.74) is 0. The van der Waals surface area contributed by atoms with Crippen molar-refractivity contribution in [1.29, 1.82) is 0 Å². The molecule has 0 unspecified atom stereocenters. The first kappa shape index (κ1) is 35.4. The predicted octanol–water partition coefficient (Wildman–Crippen LogP) is 13.0. The summed E-state index contributed by atoms with van der Waals surface area (Å²) in [5, 5.41) is 0. The molecule has 0 bridgehead atoms. The summed E-state index contributed by atoms with van der Waals surface area (Å²) in [4.78, 5) is 0. The zero-order valence-electron chi connectivity index (χ0n) is 25.7. The van der Waals surface area contributed by atoms with Crippen molar-refractivity contribution >= 4 is 7.26 Å². The van der Waals surface area contributed by atoms with Gasteiger partial charge in [-0.3, -0.25) is 0 Å². The minimum atomic E-state index is -0.909. The van der Waals surface area contributed by atoms with Crippen LogP contribution in [0.15, 0.2) is 0 Å². The molecular formula is C34H73P. The molecule has 0 saturated carbocycles. The van der Waals surface area contributed by atoms with Gasteiger partial charge in [-0.15, -0.1) is 0 Å². The van der Waals surface area contributed by atoms with E-state index in [9.17, 15) is 0 Å². The molecule has 0 aromatic carbocycles. The molecule has 0 heterocycles. The zero-order valence-corrected chi connectivity index (χ0v) is 26.7. The molecule has 0 N–H and O–H groups in total. The fourth-order valence-corrected chi connectivity index (χ4v) is 8.39. The van der Waals surface area contributed by atoms with Crippen molar-refractivity contribution in [2.75, 3.05) is 25.7 Å². The van der Waals surface area contributed by atoms with Crippen molar-refractivity contribution in [2.45, 2.75) is 194 Å². The first-order valence-electron chi connectivity index (χ1n) is 17.1. The molecule has 0 nitrogen and oxygen atoms in total. The maximum absolute atomic E-state index is 2.66. The van der Waals surface area contributed by atoms with Gasteiger partial charge in [-0.1, -0.05) is 52.4 Å².